The Morgan fingerprint density at radius 3 is 2.95 bits per heavy atom. The minimum atomic E-state index is -0.549. The number of nitrogens with zero attached hydrogens (tertiary/aromatic N) is 3. The van der Waals surface area contributed by atoms with Crippen LogP contribution in [0.25, 0.3) is 0 Å². The quantitative estimate of drug-likeness (QED) is 0.834. The molecule has 1 aromatic rings. The zero-order chi connectivity index (χ0) is 16.3. The lowest BCUT2D eigenvalue weighted by atomic mass is 10.2. The Morgan fingerprint density at radius 2 is 2.32 bits per heavy atom. The molecule has 1 saturated heterocycles. The third-order valence-electron chi connectivity index (χ3n) is 3.20. The van der Waals surface area contributed by atoms with Crippen LogP contribution in [-0.4, -0.2) is 41.0 Å². The summed E-state index contributed by atoms with van der Waals surface area (Å²) < 4.78 is 5.22. The zero-order valence-corrected chi connectivity index (χ0v) is 12.8. The molecular weight excluding hydrogens is 286 g/mol. The number of nitriles is 1. The number of carbonyl (C=O) groups is 1. The van der Waals surface area contributed by atoms with Gasteiger partial charge in [0.25, 0.3) is 5.56 Å². The third kappa shape index (κ3) is 3.75. The summed E-state index contributed by atoms with van der Waals surface area (Å²) in [5, 5.41) is 17.8. The summed E-state index contributed by atoms with van der Waals surface area (Å²) in [5.41, 5.74) is -0.538. The fourth-order valence-corrected chi connectivity index (χ4v) is 2.31. The van der Waals surface area contributed by atoms with Crippen molar-refractivity contribution in [3.8, 4) is 6.07 Å². The van der Waals surface area contributed by atoms with E-state index in [9.17, 15) is 9.59 Å². The maximum Gasteiger partial charge on any atom is 0.407 e. The Morgan fingerprint density at radius 1 is 1.59 bits per heavy atom. The molecule has 8 heteroatoms. The molecule has 1 atom stereocenters. The molecule has 0 aromatic carbocycles. The second-order valence-corrected chi connectivity index (χ2v) is 6.15. The summed E-state index contributed by atoms with van der Waals surface area (Å²) >= 11 is 0. The van der Waals surface area contributed by atoms with Gasteiger partial charge in [-0.05, 0) is 27.2 Å². The van der Waals surface area contributed by atoms with Gasteiger partial charge in [0.15, 0.2) is 0 Å². The Labute approximate surface area is 128 Å². The topological polar surface area (TPSA) is 111 Å². The highest BCUT2D eigenvalue weighted by molar-refractivity contribution is 5.68. The van der Waals surface area contributed by atoms with Gasteiger partial charge in [-0.2, -0.15) is 10.4 Å². The number of H-pyrrole nitrogens is 1. The van der Waals surface area contributed by atoms with Gasteiger partial charge in [-0.1, -0.05) is 0 Å². The van der Waals surface area contributed by atoms with Gasteiger partial charge in [0.05, 0.1) is 17.9 Å². The molecule has 1 aliphatic heterocycles. The van der Waals surface area contributed by atoms with Crippen LogP contribution in [0.1, 0.15) is 32.8 Å². The van der Waals surface area contributed by atoms with Crippen LogP contribution in [0.4, 0.5) is 10.5 Å². The lowest BCUT2D eigenvalue weighted by molar-refractivity contribution is 0.0509. The average Bonchev–Trinajstić information content (AvgIpc) is 2.84. The number of alkyl carbamates (subject to hydrolysis) is 1. The highest BCUT2D eigenvalue weighted by Crippen LogP contribution is 2.21. The summed E-state index contributed by atoms with van der Waals surface area (Å²) in [5.74, 6) is 0. The summed E-state index contributed by atoms with van der Waals surface area (Å²) in [7, 11) is 0. The molecule has 118 valence electrons. The number of amides is 1. The smallest absolute Gasteiger partial charge is 0.407 e. The van der Waals surface area contributed by atoms with E-state index in [0.29, 0.717) is 25.2 Å². The molecule has 0 saturated carbocycles. The van der Waals surface area contributed by atoms with E-state index in [-0.39, 0.29) is 11.6 Å². The van der Waals surface area contributed by atoms with E-state index in [1.165, 1.54) is 6.20 Å². The van der Waals surface area contributed by atoms with E-state index in [4.69, 9.17) is 10.00 Å². The summed E-state index contributed by atoms with van der Waals surface area (Å²) in [4.78, 5) is 25.2. The number of rotatable bonds is 2. The first-order valence-corrected chi connectivity index (χ1v) is 7.02. The van der Waals surface area contributed by atoms with E-state index < -0.39 is 17.3 Å². The zero-order valence-electron chi connectivity index (χ0n) is 12.8. The van der Waals surface area contributed by atoms with E-state index in [2.05, 4.69) is 15.5 Å². The molecule has 1 fully saturated rings. The van der Waals surface area contributed by atoms with Crippen molar-refractivity contribution >= 4 is 11.8 Å². The number of hydrogen-bond donors (Lipinski definition) is 2. The normalized spacial score (nSPS) is 17.9. The lowest BCUT2D eigenvalue weighted by Crippen LogP contribution is -2.40. The molecule has 1 aliphatic rings. The first-order valence-electron chi connectivity index (χ1n) is 7.02. The van der Waals surface area contributed by atoms with Crippen molar-refractivity contribution < 1.29 is 9.53 Å². The lowest BCUT2D eigenvalue weighted by Gasteiger charge is -2.22. The van der Waals surface area contributed by atoms with Crippen molar-refractivity contribution in [2.75, 3.05) is 18.0 Å². The van der Waals surface area contributed by atoms with Gasteiger partial charge in [0.1, 0.15) is 17.2 Å². The number of hydrogen-bond acceptors (Lipinski definition) is 6. The van der Waals surface area contributed by atoms with Gasteiger partial charge >= 0.3 is 6.09 Å². The van der Waals surface area contributed by atoms with E-state index >= 15 is 0 Å². The van der Waals surface area contributed by atoms with Crippen molar-refractivity contribution in [2.45, 2.75) is 38.8 Å². The summed E-state index contributed by atoms with van der Waals surface area (Å²) in [6.45, 7) is 6.53. The van der Waals surface area contributed by atoms with E-state index in [0.717, 1.165) is 0 Å². The third-order valence-corrected chi connectivity index (χ3v) is 3.20. The van der Waals surface area contributed by atoms with Crippen molar-refractivity contribution in [3.05, 3.63) is 22.1 Å². The molecule has 0 spiro atoms. The maximum atomic E-state index is 11.8. The van der Waals surface area contributed by atoms with Crippen LogP contribution in [0.5, 0.6) is 0 Å². The van der Waals surface area contributed by atoms with Crippen LogP contribution in [0.2, 0.25) is 0 Å². The van der Waals surface area contributed by atoms with Gasteiger partial charge in [-0.25, -0.2) is 9.89 Å². The van der Waals surface area contributed by atoms with Crippen molar-refractivity contribution in [1.82, 2.24) is 15.5 Å². The van der Waals surface area contributed by atoms with Crippen molar-refractivity contribution in [2.24, 2.45) is 0 Å². The van der Waals surface area contributed by atoms with Crippen LogP contribution < -0.4 is 15.8 Å². The minimum absolute atomic E-state index is 0.0351. The molecule has 0 aliphatic carbocycles. The Hall–Kier alpha value is -2.56. The Balaban J connectivity index is 2.02. The monoisotopic (exact) mass is 305 g/mol. The predicted molar refractivity (Wildman–Crippen MR) is 79.6 cm³/mol. The van der Waals surface area contributed by atoms with Crippen LogP contribution >= 0.6 is 0 Å². The van der Waals surface area contributed by atoms with Crippen LogP contribution in [0.3, 0.4) is 0 Å². The molecule has 0 unspecified atom stereocenters. The number of ether oxygens (including phenoxy) is 1. The van der Waals surface area contributed by atoms with Gasteiger partial charge in [0, 0.05) is 13.1 Å². The van der Waals surface area contributed by atoms with Crippen molar-refractivity contribution in [1.29, 1.82) is 5.26 Å². The molecule has 2 N–H and O–H groups in total. The average molecular weight is 305 g/mol. The molecule has 0 bridgehead atoms. The van der Waals surface area contributed by atoms with E-state index in [1.807, 2.05) is 11.0 Å². The maximum absolute atomic E-state index is 11.8. The number of nitrogens with one attached hydrogen (secondary N) is 2. The molecular formula is C14H19N5O3. The van der Waals surface area contributed by atoms with Crippen molar-refractivity contribution in [3.63, 3.8) is 0 Å². The number of carbonyl (C=O) groups excluding carboxylic acids is 1. The van der Waals surface area contributed by atoms with Crippen LogP contribution in [0, 0.1) is 11.3 Å². The number of anilines is 1. The molecule has 2 rings (SSSR count). The fourth-order valence-electron chi connectivity index (χ4n) is 2.31. The standard InChI is InChI=1S/C14H19N5O3/c1-14(2,3)22-13(21)17-9-4-5-19(8-9)11-7-16-18-12(20)10(11)6-15/h7,9H,4-5,8H2,1-3H3,(H,17,21)(H,18,20)/t9-/m1/s1. The van der Waals surface area contributed by atoms with Crippen LogP contribution in [-0.2, 0) is 4.74 Å². The van der Waals surface area contributed by atoms with Gasteiger partial charge < -0.3 is 15.0 Å². The molecule has 22 heavy (non-hydrogen) atoms. The predicted octanol–water partition coefficient (Wildman–Crippen LogP) is 0.745. The highest BCUT2D eigenvalue weighted by Gasteiger charge is 2.28. The SMILES string of the molecule is CC(C)(C)OC(=O)N[C@@H]1CCN(c2cn[nH]c(=O)c2C#N)C1. The summed E-state index contributed by atoms with van der Waals surface area (Å²) in [6, 6.07) is 1.79. The minimum Gasteiger partial charge on any atom is -0.444 e. The largest absolute Gasteiger partial charge is 0.444 e. The number of aromatic nitrogens is 2. The number of aromatic amines is 1. The Kier molecular flexibility index (Phi) is 4.35. The first-order chi connectivity index (χ1) is 10.3. The molecule has 2 heterocycles. The molecule has 1 aromatic heterocycles. The van der Waals surface area contributed by atoms with Gasteiger partial charge in [-0.15, -0.1) is 0 Å². The molecule has 8 nitrogen and oxygen atoms in total. The fraction of sp³-hybridized carbons (Fsp3) is 0.571. The van der Waals surface area contributed by atoms with E-state index in [1.54, 1.807) is 20.8 Å². The highest BCUT2D eigenvalue weighted by atomic mass is 16.6. The Bertz CT molecular complexity index is 656. The second kappa shape index (κ2) is 6.05. The molecule has 1 amide bonds. The second-order valence-electron chi connectivity index (χ2n) is 6.15. The van der Waals surface area contributed by atoms with Gasteiger partial charge in [-0.3, -0.25) is 4.79 Å². The van der Waals surface area contributed by atoms with Crippen LogP contribution in [0.15, 0.2) is 11.0 Å². The first kappa shape index (κ1) is 15.8. The molecule has 0 radical (unpaired) electrons. The van der Waals surface area contributed by atoms with Gasteiger partial charge in [0.2, 0.25) is 0 Å². The summed E-state index contributed by atoms with van der Waals surface area (Å²) in [6.07, 6.45) is 1.69.